The van der Waals surface area contributed by atoms with E-state index in [2.05, 4.69) is 45.2 Å². The van der Waals surface area contributed by atoms with Crippen LogP contribution in [-0.2, 0) is 16.0 Å². The maximum atomic E-state index is 12.3. The molecule has 6 nitrogen and oxygen atoms in total. The molecule has 0 radical (unpaired) electrons. The fourth-order valence-corrected chi connectivity index (χ4v) is 5.24. The van der Waals surface area contributed by atoms with Gasteiger partial charge in [-0.15, -0.1) is 0 Å². The highest BCUT2D eigenvalue weighted by atomic mass is 16.5. The minimum absolute atomic E-state index is 0.0914. The number of esters is 2. The molecule has 2 N–H and O–H groups in total. The molecule has 1 saturated carbocycles. The predicted molar refractivity (Wildman–Crippen MR) is 154 cm³/mol. The Labute approximate surface area is 232 Å². The molecule has 39 heavy (non-hydrogen) atoms. The van der Waals surface area contributed by atoms with Gasteiger partial charge < -0.3 is 19.7 Å². The van der Waals surface area contributed by atoms with Gasteiger partial charge in [-0.2, -0.15) is 0 Å². The van der Waals surface area contributed by atoms with Gasteiger partial charge in [-0.1, -0.05) is 70.9 Å². The first-order chi connectivity index (χ1) is 18.8. The third-order valence-corrected chi connectivity index (χ3v) is 7.62. The average Bonchev–Trinajstić information content (AvgIpc) is 2.96. The van der Waals surface area contributed by atoms with E-state index in [1.165, 1.54) is 63.0 Å². The highest BCUT2D eigenvalue weighted by molar-refractivity contribution is 5.91. The number of unbranched alkanes of at least 4 members (excludes halogenated alkanes) is 2. The molecule has 0 aliphatic heterocycles. The first-order valence-electron chi connectivity index (χ1n) is 14.1. The van der Waals surface area contributed by atoms with E-state index in [0.29, 0.717) is 5.92 Å². The molecule has 3 rings (SSSR count). The van der Waals surface area contributed by atoms with E-state index >= 15 is 0 Å². The fourth-order valence-electron chi connectivity index (χ4n) is 5.24. The SMILES string of the molecule is C=C(CO)C(=O)Oc1cc(OC(=O)C(=C)CO)cc(-c2ccc(C3CCC(CCCCC)CC3)cc2CC)c1. The van der Waals surface area contributed by atoms with Crippen molar-refractivity contribution in [1.29, 1.82) is 0 Å². The van der Waals surface area contributed by atoms with Crippen molar-refractivity contribution in [2.24, 2.45) is 5.92 Å². The van der Waals surface area contributed by atoms with Crippen LogP contribution in [0.4, 0.5) is 0 Å². The van der Waals surface area contributed by atoms with Crippen molar-refractivity contribution in [2.75, 3.05) is 13.2 Å². The lowest BCUT2D eigenvalue weighted by Gasteiger charge is -2.29. The molecule has 2 aromatic carbocycles. The molecule has 0 saturated heterocycles. The zero-order valence-corrected chi connectivity index (χ0v) is 23.3. The maximum Gasteiger partial charge on any atom is 0.341 e. The normalized spacial score (nSPS) is 16.9. The second-order valence-corrected chi connectivity index (χ2v) is 10.5. The number of aryl methyl sites for hydroxylation is 1. The van der Waals surface area contributed by atoms with Crippen molar-refractivity contribution < 1.29 is 29.3 Å². The number of carbonyl (C=O) groups excluding carboxylic acids is 2. The lowest BCUT2D eigenvalue weighted by Crippen LogP contribution is -2.15. The van der Waals surface area contributed by atoms with Crippen molar-refractivity contribution >= 4 is 11.9 Å². The third-order valence-electron chi connectivity index (χ3n) is 7.62. The number of rotatable bonds is 13. The summed E-state index contributed by atoms with van der Waals surface area (Å²) >= 11 is 0. The van der Waals surface area contributed by atoms with E-state index in [0.717, 1.165) is 29.0 Å². The van der Waals surface area contributed by atoms with Gasteiger partial charge in [0.2, 0.25) is 0 Å². The lowest BCUT2D eigenvalue weighted by molar-refractivity contribution is -0.131. The minimum atomic E-state index is -0.775. The average molecular weight is 535 g/mol. The summed E-state index contributed by atoms with van der Waals surface area (Å²) in [6, 6.07) is 11.4. The van der Waals surface area contributed by atoms with Crippen LogP contribution in [0.3, 0.4) is 0 Å². The van der Waals surface area contributed by atoms with Gasteiger partial charge in [0.1, 0.15) is 11.5 Å². The van der Waals surface area contributed by atoms with Gasteiger partial charge in [0.05, 0.1) is 24.4 Å². The monoisotopic (exact) mass is 534 g/mol. The van der Waals surface area contributed by atoms with E-state index in [-0.39, 0.29) is 22.6 Å². The molecule has 0 amide bonds. The standard InChI is InChI=1S/C33H42O6/c1-5-7-8-9-24-10-12-26(13-11-24)27-14-15-31(25(6-2)16-27)28-17-29(38-32(36)22(3)20-34)19-30(18-28)39-33(37)23(4)21-35/h14-19,24,26,34-35H,3-13,20-21H2,1-2H3. The second-order valence-electron chi connectivity index (χ2n) is 10.5. The molecule has 1 aliphatic rings. The Kier molecular flexibility index (Phi) is 11.5. The van der Waals surface area contributed by atoms with Crippen LogP contribution in [0, 0.1) is 5.92 Å². The first kappa shape index (κ1) is 30.3. The molecule has 210 valence electrons. The Morgan fingerprint density at radius 2 is 1.44 bits per heavy atom. The van der Waals surface area contributed by atoms with Crippen molar-refractivity contribution in [3.63, 3.8) is 0 Å². The summed E-state index contributed by atoms with van der Waals surface area (Å²) in [5.74, 6) is 0.165. The first-order valence-corrected chi connectivity index (χ1v) is 14.1. The van der Waals surface area contributed by atoms with Crippen molar-refractivity contribution in [1.82, 2.24) is 0 Å². The van der Waals surface area contributed by atoms with Crippen LogP contribution in [-0.4, -0.2) is 35.4 Å². The van der Waals surface area contributed by atoms with Gasteiger partial charge in [0, 0.05) is 6.07 Å². The smallest absolute Gasteiger partial charge is 0.341 e. The summed E-state index contributed by atoms with van der Waals surface area (Å²) in [6.07, 6.45) is 11.1. The molecule has 2 aromatic rings. The van der Waals surface area contributed by atoms with Crippen molar-refractivity contribution in [3.8, 4) is 22.6 Å². The summed E-state index contributed by atoms with van der Waals surface area (Å²) in [5, 5.41) is 18.5. The van der Waals surface area contributed by atoms with E-state index in [1.54, 1.807) is 12.1 Å². The van der Waals surface area contributed by atoms with Gasteiger partial charge in [0.25, 0.3) is 0 Å². The Hall–Kier alpha value is -3.22. The topological polar surface area (TPSA) is 93.1 Å². The molecule has 0 bridgehead atoms. The van der Waals surface area contributed by atoms with Crippen LogP contribution < -0.4 is 9.47 Å². The molecule has 0 heterocycles. The molecule has 0 atom stereocenters. The fraction of sp³-hybridized carbons (Fsp3) is 0.455. The molecular weight excluding hydrogens is 492 g/mol. The van der Waals surface area contributed by atoms with Crippen LogP contribution in [0.25, 0.3) is 11.1 Å². The number of aliphatic hydroxyl groups excluding tert-OH is 2. The number of hydrogen-bond acceptors (Lipinski definition) is 6. The van der Waals surface area contributed by atoms with E-state index in [9.17, 15) is 19.8 Å². The van der Waals surface area contributed by atoms with Crippen molar-refractivity contribution in [2.45, 2.75) is 77.6 Å². The summed E-state index contributed by atoms with van der Waals surface area (Å²) in [6.45, 7) is 10.3. The number of ether oxygens (including phenoxy) is 2. The van der Waals surface area contributed by atoms with E-state index in [4.69, 9.17) is 9.47 Å². The lowest BCUT2D eigenvalue weighted by atomic mass is 9.76. The summed E-state index contributed by atoms with van der Waals surface area (Å²) in [5.41, 5.74) is 3.99. The molecule has 1 aliphatic carbocycles. The second kappa shape index (κ2) is 14.8. The number of benzene rings is 2. The quantitative estimate of drug-likeness (QED) is 0.129. The Bertz CT molecular complexity index is 1120. The maximum absolute atomic E-state index is 12.3. The van der Waals surface area contributed by atoms with Crippen LogP contribution in [0.1, 0.15) is 82.3 Å². The molecule has 1 fully saturated rings. The zero-order valence-electron chi connectivity index (χ0n) is 23.3. The number of aliphatic hydroxyl groups is 2. The van der Waals surface area contributed by atoms with Gasteiger partial charge in [-0.3, -0.25) is 0 Å². The molecule has 0 aromatic heterocycles. The Balaban J connectivity index is 1.87. The van der Waals surface area contributed by atoms with Crippen LogP contribution in [0.5, 0.6) is 11.5 Å². The summed E-state index contributed by atoms with van der Waals surface area (Å²) < 4.78 is 10.8. The van der Waals surface area contributed by atoms with Gasteiger partial charge in [-0.25, -0.2) is 9.59 Å². The van der Waals surface area contributed by atoms with E-state index < -0.39 is 25.2 Å². The van der Waals surface area contributed by atoms with Gasteiger partial charge >= 0.3 is 11.9 Å². The third kappa shape index (κ3) is 8.38. The Morgan fingerprint density at radius 3 is 1.95 bits per heavy atom. The zero-order chi connectivity index (χ0) is 28.4. The van der Waals surface area contributed by atoms with Crippen molar-refractivity contribution in [3.05, 3.63) is 71.8 Å². The number of hydrogen-bond donors (Lipinski definition) is 2. The number of carbonyl (C=O) groups is 2. The molecular formula is C33H42O6. The molecule has 0 spiro atoms. The van der Waals surface area contributed by atoms with Crippen LogP contribution in [0.15, 0.2) is 60.7 Å². The Morgan fingerprint density at radius 1 is 0.846 bits per heavy atom. The van der Waals surface area contributed by atoms with Gasteiger partial charge in [0.15, 0.2) is 0 Å². The molecule has 6 heteroatoms. The predicted octanol–water partition coefficient (Wildman–Crippen LogP) is 6.68. The minimum Gasteiger partial charge on any atom is -0.423 e. The van der Waals surface area contributed by atoms with Crippen LogP contribution in [0.2, 0.25) is 0 Å². The highest BCUT2D eigenvalue weighted by Crippen LogP contribution is 2.40. The van der Waals surface area contributed by atoms with E-state index in [1.807, 2.05) is 0 Å². The molecule has 0 unspecified atom stereocenters. The van der Waals surface area contributed by atoms with Gasteiger partial charge in [-0.05, 0) is 78.3 Å². The summed E-state index contributed by atoms with van der Waals surface area (Å²) in [4.78, 5) is 24.6. The van der Waals surface area contributed by atoms with Crippen LogP contribution >= 0.6 is 0 Å². The summed E-state index contributed by atoms with van der Waals surface area (Å²) in [7, 11) is 0. The highest BCUT2D eigenvalue weighted by Gasteiger charge is 2.23. The largest absolute Gasteiger partial charge is 0.423 e.